The second kappa shape index (κ2) is 6.10. The van der Waals surface area contributed by atoms with Gasteiger partial charge in [0.05, 0.1) is 16.6 Å². The molecule has 0 fully saturated rings. The number of pyridine rings is 3. The molecule has 0 saturated carbocycles. The first kappa shape index (κ1) is 17.8. The molecule has 2 aliphatic rings. The van der Waals surface area contributed by atoms with Crippen LogP contribution in [0.25, 0.3) is 60.7 Å². The molecule has 35 heavy (non-hydrogen) atoms. The SMILES string of the molecule is c1ccc2c(c1)Cc1cc3c(cc1-2)Cc1c-3ccc2c1nc1c3ncccc3c3cnccc3n21. The van der Waals surface area contributed by atoms with Crippen molar-refractivity contribution in [1.29, 1.82) is 0 Å². The van der Waals surface area contributed by atoms with Gasteiger partial charge in [0.1, 0.15) is 5.52 Å². The van der Waals surface area contributed by atoms with Crippen LogP contribution < -0.4 is 0 Å². The fourth-order valence-electron chi connectivity index (χ4n) is 6.44. The molecule has 4 aromatic heterocycles. The Morgan fingerprint density at radius 1 is 0.629 bits per heavy atom. The summed E-state index contributed by atoms with van der Waals surface area (Å²) < 4.78 is 2.27. The molecule has 0 amide bonds. The maximum atomic E-state index is 5.24. The largest absolute Gasteiger partial charge is 0.290 e. The van der Waals surface area contributed by atoms with Crippen molar-refractivity contribution >= 4 is 38.5 Å². The van der Waals surface area contributed by atoms with Crippen LogP contribution in [0.1, 0.15) is 22.3 Å². The van der Waals surface area contributed by atoms with Gasteiger partial charge in [-0.1, -0.05) is 36.4 Å². The quantitative estimate of drug-likeness (QED) is 0.243. The van der Waals surface area contributed by atoms with E-state index in [1.54, 1.807) is 0 Å². The Morgan fingerprint density at radius 3 is 2.49 bits per heavy atom. The number of benzene rings is 3. The Morgan fingerprint density at radius 2 is 1.51 bits per heavy atom. The van der Waals surface area contributed by atoms with E-state index >= 15 is 0 Å². The number of fused-ring (bicyclic) bond motifs is 15. The van der Waals surface area contributed by atoms with Crippen molar-refractivity contribution < 1.29 is 0 Å². The van der Waals surface area contributed by atoms with Gasteiger partial charge in [-0.05, 0) is 81.3 Å². The Balaban J connectivity index is 1.35. The van der Waals surface area contributed by atoms with Crippen LogP contribution in [0.5, 0.6) is 0 Å². The summed E-state index contributed by atoms with van der Waals surface area (Å²) in [6, 6.07) is 24.4. The van der Waals surface area contributed by atoms with E-state index in [0.29, 0.717) is 0 Å². The van der Waals surface area contributed by atoms with E-state index in [1.807, 2.05) is 24.7 Å². The Labute approximate surface area is 200 Å². The van der Waals surface area contributed by atoms with Gasteiger partial charge in [-0.25, -0.2) is 4.98 Å². The van der Waals surface area contributed by atoms with Gasteiger partial charge >= 0.3 is 0 Å². The number of hydrogen-bond donors (Lipinski definition) is 0. The van der Waals surface area contributed by atoms with E-state index in [4.69, 9.17) is 9.97 Å². The summed E-state index contributed by atoms with van der Waals surface area (Å²) in [5, 5.41) is 2.19. The highest BCUT2D eigenvalue weighted by molar-refractivity contribution is 6.12. The topological polar surface area (TPSA) is 43.1 Å². The zero-order valence-electron chi connectivity index (χ0n) is 18.8. The summed E-state index contributed by atoms with van der Waals surface area (Å²) in [5.74, 6) is 0. The minimum Gasteiger partial charge on any atom is -0.290 e. The summed E-state index contributed by atoms with van der Waals surface area (Å²) in [4.78, 5) is 14.4. The Bertz CT molecular complexity index is 2070. The molecule has 0 aliphatic heterocycles. The average molecular weight is 447 g/mol. The van der Waals surface area contributed by atoms with Crippen molar-refractivity contribution in [2.45, 2.75) is 12.8 Å². The number of aromatic nitrogens is 4. The first-order valence-electron chi connectivity index (χ1n) is 12.0. The summed E-state index contributed by atoms with van der Waals surface area (Å²) in [6.45, 7) is 0. The van der Waals surface area contributed by atoms with Crippen molar-refractivity contribution in [3.8, 4) is 22.3 Å². The smallest absolute Gasteiger partial charge is 0.165 e. The lowest BCUT2D eigenvalue weighted by molar-refractivity contribution is 1.24. The normalized spacial score (nSPS) is 13.5. The number of nitrogens with zero attached hydrogens (tertiary/aromatic N) is 4. The van der Waals surface area contributed by atoms with Crippen molar-refractivity contribution in [2.24, 2.45) is 0 Å². The first-order valence-corrected chi connectivity index (χ1v) is 12.0. The van der Waals surface area contributed by atoms with Gasteiger partial charge in [-0.3, -0.25) is 14.4 Å². The molecule has 0 atom stereocenters. The Hall–Kier alpha value is -4.57. The van der Waals surface area contributed by atoms with E-state index in [-0.39, 0.29) is 0 Å². The van der Waals surface area contributed by atoms with Crippen LogP contribution in [-0.4, -0.2) is 19.4 Å². The zero-order chi connectivity index (χ0) is 22.7. The number of hydrogen-bond acceptors (Lipinski definition) is 3. The minimum absolute atomic E-state index is 0.909. The van der Waals surface area contributed by atoms with Crippen LogP contribution in [0.4, 0.5) is 0 Å². The highest BCUT2D eigenvalue weighted by Crippen LogP contribution is 2.46. The van der Waals surface area contributed by atoms with Crippen molar-refractivity contribution in [3.05, 3.63) is 108 Å². The lowest BCUT2D eigenvalue weighted by atomic mass is 9.98. The lowest BCUT2D eigenvalue weighted by Crippen LogP contribution is -1.93. The second-order valence-electron chi connectivity index (χ2n) is 9.70. The molecule has 0 bridgehead atoms. The molecule has 4 heteroatoms. The molecule has 7 aromatic rings. The second-order valence-corrected chi connectivity index (χ2v) is 9.70. The molecular formula is C31H18N4. The number of imidazole rings is 1. The van der Waals surface area contributed by atoms with Gasteiger partial charge in [-0.2, -0.15) is 0 Å². The van der Waals surface area contributed by atoms with Crippen LogP contribution in [0.2, 0.25) is 0 Å². The third-order valence-electron chi connectivity index (χ3n) is 7.96. The molecule has 0 spiro atoms. The van der Waals surface area contributed by atoms with Gasteiger partial charge in [0.25, 0.3) is 0 Å². The first-order chi connectivity index (χ1) is 17.3. The van der Waals surface area contributed by atoms with E-state index in [0.717, 1.165) is 51.3 Å². The fraction of sp³-hybridized carbons (Fsp3) is 0.0645. The van der Waals surface area contributed by atoms with E-state index in [9.17, 15) is 0 Å². The predicted octanol–water partition coefficient (Wildman–Crippen LogP) is 6.73. The molecule has 2 aliphatic carbocycles. The zero-order valence-corrected chi connectivity index (χ0v) is 18.8. The summed E-state index contributed by atoms with van der Waals surface area (Å²) in [5.41, 5.74) is 16.2. The van der Waals surface area contributed by atoms with Crippen molar-refractivity contribution in [2.75, 3.05) is 0 Å². The van der Waals surface area contributed by atoms with Crippen molar-refractivity contribution in [3.63, 3.8) is 0 Å². The van der Waals surface area contributed by atoms with E-state index in [1.165, 1.54) is 44.5 Å². The lowest BCUT2D eigenvalue weighted by Gasteiger charge is -2.08. The highest BCUT2D eigenvalue weighted by Gasteiger charge is 2.28. The summed E-state index contributed by atoms with van der Waals surface area (Å²) >= 11 is 0. The highest BCUT2D eigenvalue weighted by atomic mass is 15.0. The maximum Gasteiger partial charge on any atom is 0.165 e. The fourth-order valence-corrected chi connectivity index (χ4v) is 6.44. The molecule has 4 nitrogen and oxygen atoms in total. The number of rotatable bonds is 0. The minimum atomic E-state index is 0.909. The van der Waals surface area contributed by atoms with Gasteiger partial charge in [0.15, 0.2) is 5.65 Å². The van der Waals surface area contributed by atoms with Crippen LogP contribution in [0.3, 0.4) is 0 Å². The summed E-state index contributed by atoms with van der Waals surface area (Å²) in [6.07, 6.45) is 7.57. The average Bonchev–Trinajstić information content (AvgIpc) is 3.58. The Kier molecular flexibility index (Phi) is 3.11. The monoisotopic (exact) mass is 446 g/mol. The molecule has 0 N–H and O–H groups in total. The van der Waals surface area contributed by atoms with Crippen molar-refractivity contribution in [1.82, 2.24) is 19.4 Å². The molecule has 0 radical (unpaired) electrons. The summed E-state index contributed by atoms with van der Waals surface area (Å²) in [7, 11) is 0. The molecule has 0 unspecified atom stereocenters. The standard InChI is InChI=1S/C31H18N4/c1-2-5-20-17(4-1)12-18-13-24-19(14-23(18)20)15-25-21(24)7-8-28-29(25)34-31-30-22(6-3-10-33-30)26-16-32-11-9-27(26)35(28)31/h1-11,13-14,16H,12,15H2. The molecular weight excluding hydrogens is 428 g/mol. The van der Waals surface area contributed by atoms with E-state index < -0.39 is 0 Å². The third kappa shape index (κ3) is 2.15. The predicted molar refractivity (Wildman–Crippen MR) is 140 cm³/mol. The molecule has 3 aromatic carbocycles. The van der Waals surface area contributed by atoms with Gasteiger partial charge in [-0.15, -0.1) is 0 Å². The molecule has 4 heterocycles. The van der Waals surface area contributed by atoms with Gasteiger partial charge in [0, 0.05) is 35.8 Å². The van der Waals surface area contributed by atoms with Crippen LogP contribution >= 0.6 is 0 Å². The van der Waals surface area contributed by atoms with Gasteiger partial charge in [0.2, 0.25) is 0 Å². The molecule has 9 rings (SSSR count). The maximum absolute atomic E-state index is 5.24. The van der Waals surface area contributed by atoms with E-state index in [2.05, 4.69) is 70.0 Å². The van der Waals surface area contributed by atoms with Crippen LogP contribution in [-0.2, 0) is 12.8 Å². The molecule has 162 valence electrons. The molecule has 0 saturated heterocycles. The van der Waals surface area contributed by atoms with Gasteiger partial charge < -0.3 is 0 Å². The third-order valence-corrected chi connectivity index (χ3v) is 7.96. The van der Waals surface area contributed by atoms with Crippen LogP contribution in [0.15, 0.2) is 85.3 Å². The van der Waals surface area contributed by atoms with Crippen LogP contribution in [0, 0.1) is 0 Å².